The predicted octanol–water partition coefficient (Wildman–Crippen LogP) is 3.88. The number of para-hydroxylation sites is 1. The zero-order chi connectivity index (χ0) is 17.1. The molecule has 1 aromatic heterocycles. The largest absolute Gasteiger partial charge is 0.504 e. The molecule has 5 nitrogen and oxygen atoms in total. The molecule has 3 rings (SSSR count). The van der Waals surface area contributed by atoms with Gasteiger partial charge in [0.15, 0.2) is 11.5 Å². The number of methoxy groups -OCH3 is 1. The lowest BCUT2D eigenvalue weighted by molar-refractivity contribution is 0.0527. The molecule has 1 aliphatic carbocycles. The van der Waals surface area contributed by atoms with E-state index in [1.165, 1.54) is 23.3 Å². The summed E-state index contributed by atoms with van der Waals surface area (Å²) in [7, 11) is 1.50. The van der Waals surface area contributed by atoms with Gasteiger partial charge in [-0.1, -0.05) is 6.07 Å². The minimum Gasteiger partial charge on any atom is -0.504 e. The monoisotopic (exact) mass is 345 g/mol. The van der Waals surface area contributed by atoms with E-state index in [1.807, 2.05) is 0 Å². The molecule has 24 heavy (non-hydrogen) atoms. The second-order valence-corrected chi connectivity index (χ2v) is 6.50. The highest BCUT2D eigenvalue weighted by Gasteiger charge is 2.27. The summed E-state index contributed by atoms with van der Waals surface area (Å²) in [4.78, 5) is 18.0. The lowest BCUT2D eigenvalue weighted by Crippen LogP contribution is -2.06. The van der Waals surface area contributed by atoms with Crippen LogP contribution in [0.4, 0.5) is 5.00 Å². The van der Waals surface area contributed by atoms with Crippen molar-refractivity contribution in [3.63, 3.8) is 0 Å². The third kappa shape index (κ3) is 3.01. The van der Waals surface area contributed by atoms with Crippen LogP contribution in [0.15, 0.2) is 23.2 Å². The second kappa shape index (κ2) is 7.05. The van der Waals surface area contributed by atoms with Crippen LogP contribution in [0, 0.1) is 0 Å². The summed E-state index contributed by atoms with van der Waals surface area (Å²) >= 11 is 1.53. The number of carbonyl (C=O) groups is 1. The number of aliphatic imine (C=N–C) groups is 1. The topological polar surface area (TPSA) is 68.1 Å². The number of phenolic OH excluding ortho intramolecular Hbond substituents is 1. The normalized spacial score (nSPS) is 13.2. The lowest BCUT2D eigenvalue weighted by Gasteiger charge is -2.05. The Kier molecular flexibility index (Phi) is 4.85. The molecule has 0 fully saturated rings. The summed E-state index contributed by atoms with van der Waals surface area (Å²) in [6.07, 6.45) is 4.49. The molecule has 0 unspecified atom stereocenters. The summed E-state index contributed by atoms with van der Waals surface area (Å²) in [5, 5.41) is 10.8. The maximum absolute atomic E-state index is 12.3. The Hall–Kier alpha value is -2.34. The number of aromatic hydroxyl groups is 1. The summed E-state index contributed by atoms with van der Waals surface area (Å²) in [6, 6.07) is 5.20. The summed E-state index contributed by atoms with van der Waals surface area (Å²) in [5.41, 5.74) is 2.19. The molecule has 6 heteroatoms. The Balaban J connectivity index is 1.97. The molecule has 1 aliphatic rings. The lowest BCUT2D eigenvalue weighted by atomic mass is 10.1. The van der Waals surface area contributed by atoms with Gasteiger partial charge in [0.05, 0.1) is 19.3 Å². The number of esters is 1. The smallest absolute Gasteiger partial charge is 0.341 e. The maximum atomic E-state index is 12.3. The molecule has 0 aliphatic heterocycles. The van der Waals surface area contributed by atoms with Gasteiger partial charge in [-0.2, -0.15) is 0 Å². The first-order chi connectivity index (χ1) is 11.7. The number of ether oxygens (including phenoxy) is 2. The van der Waals surface area contributed by atoms with Crippen LogP contribution < -0.4 is 4.74 Å². The quantitative estimate of drug-likeness (QED) is 0.660. The van der Waals surface area contributed by atoms with E-state index in [1.54, 1.807) is 31.3 Å². The van der Waals surface area contributed by atoms with Gasteiger partial charge in [0.1, 0.15) is 5.00 Å². The van der Waals surface area contributed by atoms with Crippen LogP contribution in [-0.4, -0.2) is 31.0 Å². The molecule has 0 radical (unpaired) electrons. The number of thiophene rings is 1. The highest BCUT2D eigenvalue weighted by atomic mass is 32.1. The van der Waals surface area contributed by atoms with E-state index in [2.05, 4.69) is 4.99 Å². The number of phenols is 1. The molecular weight excluding hydrogens is 326 g/mol. The van der Waals surface area contributed by atoms with E-state index < -0.39 is 0 Å². The van der Waals surface area contributed by atoms with E-state index in [0.717, 1.165) is 24.8 Å². The van der Waals surface area contributed by atoms with Gasteiger partial charge >= 0.3 is 5.97 Å². The molecule has 0 amide bonds. The molecule has 0 saturated carbocycles. The van der Waals surface area contributed by atoms with Gasteiger partial charge < -0.3 is 14.6 Å². The van der Waals surface area contributed by atoms with E-state index in [9.17, 15) is 9.90 Å². The molecule has 0 saturated heterocycles. The molecule has 2 aromatic rings. The minimum absolute atomic E-state index is 0.0329. The number of nitrogens with zero attached hydrogens (tertiary/aromatic N) is 1. The third-order valence-electron chi connectivity index (χ3n) is 3.95. The highest BCUT2D eigenvalue weighted by Crippen LogP contribution is 2.41. The Morgan fingerprint density at radius 1 is 1.42 bits per heavy atom. The second-order valence-electron chi connectivity index (χ2n) is 5.41. The van der Waals surface area contributed by atoms with Crippen LogP contribution in [0.1, 0.15) is 39.7 Å². The molecule has 0 bridgehead atoms. The van der Waals surface area contributed by atoms with Crippen LogP contribution in [0.25, 0.3) is 0 Å². The fourth-order valence-corrected chi connectivity index (χ4v) is 4.05. The highest BCUT2D eigenvalue weighted by molar-refractivity contribution is 7.16. The standard InChI is InChI=1S/C18H19NO4S/c1-3-23-18(21)15-12-7-5-9-14(12)24-17(15)19-10-11-6-4-8-13(22-2)16(11)20/h4,6,8,10,20H,3,5,7,9H2,1-2H3/b19-10-. The Labute approximate surface area is 144 Å². The number of benzene rings is 1. The number of hydrogen-bond acceptors (Lipinski definition) is 6. The number of carbonyl (C=O) groups excluding carboxylic acids is 1. The van der Waals surface area contributed by atoms with Gasteiger partial charge in [-0.05, 0) is 43.9 Å². The molecule has 0 atom stereocenters. The van der Waals surface area contributed by atoms with Crippen molar-refractivity contribution in [1.29, 1.82) is 0 Å². The Morgan fingerprint density at radius 2 is 2.25 bits per heavy atom. The Bertz CT molecular complexity index is 795. The first-order valence-electron chi connectivity index (χ1n) is 7.87. The maximum Gasteiger partial charge on any atom is 0.341 e. The first-order valence-corrected chi connectivity index (χ1v) is 8.69. The van der Waals surface area contributed by atoms with Gasteiger partial charge in [0.25, 0.3) is 0 Å². The van der Waals surface area contributed by atoms with Crippen LogP contribution in [-0.2, 0) is 17.6 Å². The van der Waals surface area contributed by atoms with Crippen molar-refractivity contribution < 1.29 is 19.4 Å². The summed E-state index contributed by atoms with van der Waals surface area (Å²) in [5.74, 6) is 0.0997. The molecular formula is C18H19NO4S. The fraction of sp³-hybridized carbons (Fsp3) is 0.333. The zero-order valence-electron chi connectivity index (χ0n) is 13.7. The fourth-order valence-electron chi connectivity index (χ4n) is 2.83. The van der Waals surface area contributed by atoms with Crippen LogP contribution in [0.5, 0.6) is 11.5 Å². The molecule has 0 spiro atoms. The van der Waals surface area contributed by atoms with Crippen LogP contribution in [0.2, 0.25) is 0 Å². The first kappa shape index (κ1) is 16.5. The van der Waals surface area contributed by atoms with Crippen molar-refractivity contribution in [3.05, 3.63) is 39.8 Å². The molecule has 1 N–H and O–H groups in total. The predicted molar refractivity (Wildman–Crippen MR) is 94.2 cm³/mol. The van der Waals surface area contributed by atoms with E-state index in [0.29, 0.717) is 28.5 Å². The van der Waals surface area contributed by atoms with Gasteiger partial charge in [-0.3, -0.25) is 0 Å². The third-order valence-corrected chi connectivity index (χ3v) is 5.15. The number of fused-ring (bicyclic) bond motifs is 1. The van der Waals surface area contributed by atoms with Gasteiger partial charge in [-0.15, -0.1) is 11.3 Å². The number of hydrogen-bond donors (Lipinski definition) is 1. The van der Waals surface area contributed by atoms with Crippen molar-refractivity contribution in [1.82, 2.24) is 0 Å². The zero-order valence-corrected chi connectivity index (χ0v) is 14.5. The summed E-state index contributed by atoms with van der Waals surface area (Å²) < 4.78 is 10.3. The average Bonchev–Trinajstić information content (AvgIpc) is 3.14. The van der Waals surface area contributed by atoms with E-state index in [-0.39, 0.29) is 11.7 Å². The number of rotatable bonds is 5. The van der Waals surface area contributed by atoms with Crippen molar-refractivity contribution in [2.75, 3.05) is 13.7 Å². The SMILES string of the molecule is CCOC(=O)c1c(/N=C\c2cccc(OC)c2O)sc2c1CCC2. The van der Waals surface area contributed by atoms with E-state index >= 15 is 0 Å². The van der Waals surface area contributed by atoms with E-state index in [4.69, 9.17) is 9.47 Å². The van der Waals surface area contributed by atoms with Crippen molar-refractivity contribution in [2.45, 2.75) is 26.2 Å². The summed E-state index contributed by atoms with van der Waals surface area (Å²) in [6.45, 7) is 2.13. The average molecular weight is 345 g/mol. The molecule has 1 aromatic carbocycles. The van der Waals surface area contributed by atoms with Crippen molar-refractivity contribution >= 4 is 28.5 Å². The van der Waals surface area contributed by atoms with Crippen LogP contribution in [0.3, 0.4) is 0 Å². The van der Waals surface area contributed by atoms with Crippen molar-refractivity contribution in [3.8, 4) is 11.5 Å². The van der Waals surface area contributed by atoms with Gasteiger partial charge in [0.2, 0.25) is 0 Å². The molecule has 1 heterocycles. The molecule has 126 valence electrons. The van der Waals surface area contributed by atoms with Crippen molar-refractivity contribution in [2.24, 2.45) is 4.99 Å². The van der Waals surface area contributed by atoms with Crippen LogP contribution >= 0.6 is 11.3 Å². The Morgan fingerprint density at radius 3 is 3.00 bits per heavy atom. The van der Waals surface area contributed by atoms with Gasteiger partial charge in [-0.25, -0.2) is 9.79 Å². The van der Waals surface area contributed by atoms with Gasteiger partial charge in [0, 0.05) is 16.7 Å². The minimum atomic E-state index is -0.320. The number of aryl methyl sites for hydroxylation is 1.